The number of imidazole rings is 1. The van der Waals surface area contributed by atoms with Crippen LogP contribution in [-0.4, -0.2) is 53.5 Å². The molecule has 3 rings (SSSR count). The maximum Gasteiger partial charge on any atom is 0.416 e. The summed E-state index contributed by atoms with van der Waals surface area (Å²) in [5.74, 6) is 0.850. The van der Waals surface area contributed by atoms with E-state index < -0.39 is 30.6 Å². The van der Waals surface area contributed by atoms with Crippen LogP contribution >= 0.6 is 0 Å². The Hall–Kier alpha value is -3.12. The fourth-order valence-electron chi connectivity index (χ4n) is 2.84. The van der Waals surface area contributed by atoms with Gasteiger partial charge in [-0.1, -0.05) is 12.1 Å². The molecule has 0 unspecified atom stereocenters. The number of halogens is 3. The van der Waals surface area contributed by atoms with E-state index in [9.17, 15) is 28.2 Å². The van der Waals surface area contributed by atoms with Gasteiger partial charge in [-0.2, -0.15) is 13.2 Å². The van der Waals surface area contributed by atoms with E-state index in [0.717, 1.165) is 15.3 Å². The van der Waals surface area contributed by atoms with Gasteiger partial charge in [0.15, 0.2) is 17.8 Å². The van der Waals surface area contributed by atoms with Crippen molar-refractivity contribution in [1.29, 1.82) is 0 Å². The fraction of sp³-hybridized carbons (Fsp3) is 0.389. The molecule has 2 heterocycles. The molecule has 0 aliphatic carbocycles. The second kappa shape index (κ2) is 8.32. The van der Waals surface area contributed by atoms with E-state index in [4.69, 9.17) is 4.74 Å². The number of hydrogen-bond donors (Lipinski definition) is 2. The predicted molar refractivity (Wildman–Crippen MR) is 98.4 cm³/mol. The monoisotopic (exact) mass is 427 g/mol. The summed E-state index contributed by atoms with van der Waals surface area (Å²) in [6.07, 6.45) is -6.06. The zero-order valence-corrected chi connectivity index (χ0v) is 16.1. The SMILES string of the molecule is COc1ccccc1-n1nc(Cn2ccn(C[C@H](O)C(F)(F)F)c2=O)nc1[C@H](C)O. The van der Waals surface area contributed by atoms with Crippen LogP contribution < -0.4 is 10.4 Å². The number of benzene rings is 1. The molecule has 0 fully saturated rings. The van der Waals surface area contributed by atoms with E-state index in [2.05, 4.69) is 10.1 Å². The van der Waals surface area contributed by atoms with Gasteiger partial charge in [0.25, 0.3) is 0 Å². The molecule has 3 aromatic rings. The minimum Gasteiger partial charge on any atom is -0.494 e. The molecular weight excluding hydrogens is 407 g/mol. The van der Waals surface area contributed by atoms with Crippen LogP contribution in [0.2, 0.25) is 0 Å². The third-order valence-electron chi connectivity index (χ3n) is 4.34. The number of aliphatic hydroxyl groups excluding tert-OH is 2. The third-order valence-corrected chi connectivity index (χ3v) is 4.34. The van der Waals surface area contributed by atoms with Crippen molar-refractivity contribution < 1.29 is 28.1 Å². The Morgan fingerprint density at radius 2 is 1.83 bits per heavy atom. The number of aromatic nitrogens is 5. The molecule has 9 nitrogen and oxygen atoms in total. The van der Waals surface area contributed by atoms with Crippen molar-refractivity contribution in [3.8, 4) is 11.4 Å². The predicted octanol–water partition coefficient (Wildman–Crippen LogP) is 1.26. The van der Waals surface area contributed by atoms with Crippen LogP contribution in [-0.2, 0) is 13.1 Å². The van der Waals surface area contributed by atoms with Gasteiger partial charge in [-0.15, -0.1) is 5.10 Å². The molecule has 2 N–H and O–H groups in total. The molecule has 0 spiro atoms. The van der Waals surface area contributed by atoms with E-state index in [1.165, 1.54) is 24.9 Å². The van der Waals surface area contributed by atoms with Gasteiger partial charge in [-0.05, 0) is 19.1 Å². The molecule has 0 bridgehead atoms. The summed E-state index contributed by atoms with van der Waals surface area (Å²) < 4.78 is 46.2. The fourth-order valence-corrected chi connectivity index (χ4v) is 2.84. The number of alkyl halides is 3. The highest BCUT2D eigenvalue weighted by atomic mass is 19.4. The smallest absolute Gasteiger partial charge is 0.416 e. The third kappa shape index (κ3) is 4.39. The van der Waals surface area contributed by atoms with E-state index >= 15 is 0 Å². The first kappa shape index (κ1) is 21.6. The number of methoxy groups -OCH3 is 1. The molecule has 1 aromatic carbocycles. The van der Waals surface area contributed by atoms with Crippen molar-refractivity contribution >= 4 is 0 Å². The van der Waals surface area contributed by atoms with Crippen LogP contribution in [0.5, 0.6) is 5.75 Å². The summed E-state index contributed by atoms with van der Waals surface area (Å²) in [5.41, 5.74) is -0.238. The maximum absolute atomic E-state index is 12.5. The largest absolute Gasteiger partial charge is 0.494 e. The van der Waals surface area contributed by atoms with E-state index in [1.807, 2.05) is 0 Å². The topological polar surface area (TPSA) is 107 Å². The molecule has 0 radical (unpaired) electrons. The number of aliphatic hydroxyl groups is 2. The molecule has 2 atom stereocenters. The average molecular weight is 427 g/mol. The normalized spacial score (nSPS) is 14.0. The Bertz CT molecular complexity index is 1070. The molecule has 12 heteroatoms. The van der Waals surface area contributed by atoms with Gasteiger partial charge in [0.2, 0.25) is 0 Å². The van der Waals surface area contributed by atoms with Crippen LogP contribution in [0, 0.1) is 0 Å². The summed E-state index contributed by atoms with van der Waals surface area (Å²) in [6, 6.07) is 6.94. The van der Waals surface area contributed by atoms with Crippen LogP contribution in [0.1, 0.15) is 24.7 Å². The second-order valence-corrected chi connectivity index (χ2v) is 6.56. The first-order valence-corrected chi connectivity index (χ1v) is 8.89. The molecule has 0 amide bonds. The average Bonchev–Trinajstić information content (AvgIpc) is 3.26. The van der Waals surface area contributed by atoms with Crippen molar-refractivity contribution in [3.05, 3.63) is 58.8 Å². The van der Waals surface area contributed by atoms with Crippen LogP contribution in [0.4, 0.5) is 13.2 Å². The lowest BCUT2D eigenvalue weighted by Gasteiger charge is -2.14. The standard InChI is InChI=1S/C18H20F3N5O4/c1-11(27)16-22-15(23-26(16)12-5-3-4-6-13(12)30-2)10-25-8-7-24(17(25)29)9-14(28)18(19,20)21/h3-8,11,14,27-28H,9-10H2,1-2H3/t11-,14-/m0/s1. The molecule has 30 heavy (non-hydrogen) atoms. The zero-order chi connectivity index (χ0) is 22.1. The molecule has 0 aliphatic heterocycles. The highest BCUT2D eigenvalue weighted by molar-refractivity contribution is 5.46. The van der Waals surface area contributed by atoms with Gasteiger partial charge in [0.05, 0.1) is 20.2 Å². The highest BCUT2D eigenvalue weighted by Gasteiger charge is 2.38. The molecule has 162 valence electrons. The summed E-state index contributed by atoms with van der Waals surface area (Å²) in [4.78, 5) is 16.6. The van der Waals surface area contributed by atoms with E-state index in [1.54, 1.807) is 24.3 Å². The number of ether oxygens (including phenoxy) is 1. The Morgan fingerprint density at radius 1 is 1.17 bits per heavy atom. The van der Waals surface area contributed by atoms with Gasteiger partial charge >= 0.3 is 11.9 Å². The Morgan fingerprint density at radius 3 is 2.47 bits per heavy atom. The van der Waals surface area contributed by atoms with Gasteiger partial charge < -0.3 is 14.9 Å². The first-order chi connectivity index (χ1) is 14.1. The highest BCUT2D eigenvalue weighted by Crippen LogP contribution is 2.25. The summed E-state index contributed by atoms with van der Waals surface area (Å²) >= 11 is 0. The van der Waals surface area contributed by atoms with Crippen molar-refractivity contribution in [3.63, 3.8) is 0 Å². The second-order valence-electron chi connectivity index (χ2n) is 6.56. The van der Waals surface area contributed by atoms with Crippen LogP contribution in [0.15, 0.2) is 41.5 Å². The number of hydrogen-bond acceptors (Lipinski definition) is 6. The number of rotatable bonds is 7. The molecule has 2 aromatic heterocycles. The Balaban J connectivity index is 1.91. The van der Waals surface area contributed by atoms with Crippen LogP contribution in [0.25, 0.3) is 5.69 Å². The molecule has 0 aliphatic rings. The summed E-state index contributed by atoms with van der Waals surface area (Å²) in [7, 11) is 1.48. The van der Waals surface area contributed by atoms with Crippen LogP contribution in [0.3, 0.4) is 0 Å². The lowest BCUT2D eigenvalue weighted by molar-refractivity contribution is -0.207. The summed E-state index contributed by atoms with van der Waals surface area (Å²) in [6.45, 7) is 0.439. The van der Waals surface area contributed by atoms with Gasteiger partial charge in [-0.3, -0.25) is 9.13 Å². The lowest BCUT2D eigenvalue weighted by Crippen LogP contribution is -2.36. The molecule has 0 saturated carbocycles. The first-order valence-electron chi connectivity index (χ1n) is 8.89. The molecular formula is C18H20F3N5O4. The zero-order valence-electron chi connectivity index (χ0n) is 16.1. The lowest BCUT2D eigenvalue weighted by atomic mass is 10.3. The number of para-hydroxylation sites is 2. The maximum atomic E-state index is 12.5. The van der Waals surface area contributed by atoms with Gasteiger partial charge in [-0.25, -0.2) is 14.5 Å². The minimum absolute atomic E-state index is 0.143. The Kier molecular flexibility index (Phi) is 5.99. The summed E-state index contributed by atoms with van der Waals surface area (Å²) in [5, 5.41) is 23.6. The van der Waals surface area contributed by atoms with Gasteiger partial charge in [0.1, 0.15) is 17.5 Å². The minimum atomic E-state index is -4.83. The quantitative estimate of drug-likeness (QED) is 0.588. The Labute approximate surface area is 168 Å². The van der Waals surface area contributed by atoms with Crippen molar-refractivity contribution in [2.45, 2.75) is 38.4 Å². The van der Waals surface area contributed by atoms with Crippen molar-refractivity contribution in [2.24, 2.45) is 0 Å². The number of nitrogens with zero attached hydrogens (tertiary/aromatic N) is 5. The molecule has 0 saturated heterocycles. The van der Waals surface area contributed by atoms with Crippen molar-refractivity contribution in [1.82, 2.24) is 23.9 Å². The van der Waals surface area contributed by atoms with E-state index in [-0.39, 0.29) is 18.2 Å². The van der Waals surface area contributed by atoms with Crippen molar-refractivity contribution in [2.75, 3.05) is 7.11 Å². The van der Waals surface area contributed by atoms with Gasteiger partial charge in [0, 0.05) is 12.4 Å². The van der Waals surface area contributed by atoms with E-state index in [0.29, 0.717) is 11.4 Å².